The van der Waals surface area contributed by atoms with Gasteiger partial charge < -0.3 is 9.53 Å². The average Bonchev–Trinajstić information content (AvgIpc) is 2.48. The van der Waals surface area contributed by atoms with Gasteiger partial charge in [-0.15, -0.1) is 0 Å². The van der Waals surface area contributed by atoms with E-state index in [0.717, 1.165) is 0 Å². The lowest BCUT2D eigenvalue weighted by molar-refractivity contribution is -0.156. The lowest BCUT2D eigenvalue weighted by Crippen LogP contribution is -2.61. The second kappa shape index (κ2) is 6.69. The van der Waals surface area contributed by atoms with Crippen LogP contribution in [0, 0.1) is 5.92 Å². The molecule has 0 radical (unpaired) electrons. The van der Waals surface area contributed by atoms with Crippen molar-refractivity contribution in [2.24, 2.45) is 5.92 Å². The molecular weight excluding hydrogens is 320 g/mol. The van der Waals surface area contributed by atoms with Gasteiger partial charge in [-0.3, -0.25) is 9.59 Å². The highest BCUT2D eigenvalue weighted by Gasteiger charge is 2.56. The summed E-state index contributed by atoms with van der Waals surface area (Å²) >= 11 is 0. The normalized spacial score (nSPS) is 30.6. The highest BCUT2D eigenvalue weighted by atomic mass is 28.4. The largest absolute Gasteiger partial charge is 0.409 e. The summed E-state index contributed by atoms with van der Waals surface area (Å²) < 4.78 is 6.75. The van der Waals surface area contributed by atoms with Crippen molar-refractivity contribution in [3.05, 3.63) is 24.3 Å². The number of fused-ring (bicyclic) bond motifs is 1. The number of allylic oxidation sites excluding steroid dienone is 1. The van der Waals surface area contributed by atoms with Gasteiger partial charge in [-0.1, -0.05) is 53.7 Å². The SMILES string of the molecule is CC(C)[Si](O[C@H]1C=CC(=O)[C@@]2(O)C(=O)C=CCC12)(C(C)C)C(C)C. The molecule has 0 spiro atoms. The molecule has 0 saturated heterocycles. The third kappa shape index (κ3) is 2.76. The molecule has 3 atom stereocenters. The summed E-state index contributed by atoms with van der Waals surface area (Å²) in [5.41, 5.74) is -0.774. The van der Waals surface area contributed by atoms with Crippen LogP contribution in [0.3, 0.4) is 0 Å². The minimum Gasteiger partial charge on any atom is -0.409 e. The van der Waals surface area contributed by atoms with Crippen LogP contribution in [0.15, 0.2) is 24.3 Å². The van der Waals surface area contributed by atoms with E-state index in [1.54, 1.807) is 12.2 Å². The van der Waals surface area contributed by atoms with Crippen LogP contribution >= 0.6 is 0 Å². The fourth-order valence-corrected chi connectivity index (χ4v) is 10.2. The van der Waals surface area contributed by atoms with Crippen LogP contribution in [0.4, 0.5) is 0 Å². The standard InChI is InChI=1S/C19H30O4Si/c1-12(2)24(13(3)4,14(5)6)23-16-10-11-18(21)19(22)15(16)8-7-9-17(19)20/h7,9-16,22H,8H2,1-6H3/t15?,16-,19-/m0/s1. The minimum atomic E-state index is -2.18. The number of carbonyl (C=O) groups excluding carboxylic acids is 2. The molecule has 0 bridgehead atoms. The maximum Gasteiger partial charge on any atom is 0.201 e. The zero-order valence-electron chi connectivity index (χ0n) is 15.6. The zero-order chi connectivity index (χ0) is 18.3. The third-order valence-electron chi connectivity index (χ3n) is 5.83. The van der Waals surface area contributed by atoms with E-state index in [1.807, 2.05) is 0 Å². The predicted molar refractivity (Wildman–Crippen MR) is 97.3 cm³/mol. The van der Waals surface area contributed by atoms with Crippen molar-refractivity contribution < 1.29 is 19.1 Å². The summed E-state index contributed by atoms with van der Waals surface area (Å²) in [5, 5.41) is 10.8. The Morgan fingerprint density at radius 2 is 1.54 bits per heavy atom. The molecule has 2 rings (SSSR count). The van der Waals surface area contributed by atoms with Crippen LogP contribution in [0.2, 0.25) is 16.6 Å². The van der Waals surface area contributed by atoms with Gasteiger partial charge in [0, 0.05) is 5.92 Å². The van der Waals surface area contributed by atoms with Crippen molar-refractivity contribution in [1.29, 1.82) is 0 Å². The molecule has 2 aliphatic rings. The highest BCUT2D eigenvalue weighted by Crippen LogP contribution is 2.46. The van der Waals surface area contributed by atoms with E-state index in [4.69, 9.17) is 4.43 Å². The van der Waals surface area contributed by atoms with E-state index in [2.05, 4.69) is 41.5 Å². The summed E-state index contributed by atoms with van der Waals surface area (Å²) in [4.78, 5) is 24.5. The Balaban J connectivity index is 2.44. The molecule has 0 amide bonds. The van der Waals surface area contributed by atoms with E-state index in [0.29, 0.717) is 23.0 Å². The van der Waals surface area contributed by atoms with Crippen LogP contribution in [-0.4, -0.2) is 36.7 Å². The fraction of sp³-hybridized carbons (Fsp3) is 0.684. The molecule has 0 aromatic carbocycles. The number of rotatable bonds is 5. The smallest absolute Gasteiger partial charge is 0.201 e. The van der Waals surface area contributed by atoms with Gasteiger partial charge in [0.2, 0.25) is 8.32 Å². The van der Waals surface area contributed by atoms with Crippen molar-refractivity contribution in [3.63, 3.8) is 0 Å². The molecule has 2 aliphatic carbocycles. The fourth-order valence-electron chi connectivity index (χ4n) is 4.69. The van der Waals surface area contributed by atoms with Crippen molar-refractivity contribution in [1.82, 2.24) is 0 Å². The summed E-state index contributed by atoms with van der Waals surface area (Å²) in [7, 11) is -2.18. The third-order valence-corrected chi connectivity index (χ3v) is 11.9. The van der Waals surface area contributed by atoms with Gasteiger partial charge in [0.1, 0.15) is 0 Å². The molecule has 24 heavy (non-hydrogen) atoms. The Bertz CT molecular complexity index is 554. The first kappa shape index (κ1) is 19.3. The number of ketones is 2. The molecule has 0 aromatic heterocycles. The Hall–Kier alpha value is -1.04. The molecule has 0 heterocycles. The quantitative estimate of drug-likeness (QED) is 0.608. The molecule has 5 heteroatoms. The number of aliphatic hydroxyl groups is 1. The first-order chi connectivity index (χ1) is 11.1. The summed E-state index contributed by atoms with van der Waals surface area (Å²) in [6, 6.07) is 0. The molecule has 134 valence electrons. The van der Waals surface area contributed by atoms with Gasteiger partial charge in [-0.25, -0.2) is 0 Å². The molecule has 0 saturated carbocycles. The van der Waals surface area contributed by atoms with Gasteiger partial charge in [0.25, 0.3) is 0 Å². The second-order valence-electron chi connectivity index (χ2n) is 8.00. The Morgan fingerprint density at radius 3 is 2.04 bits per heavy atom. The van der Waals surface area contributed by atoms with Crippen LogP contribution in [-0.2, 0) is 14.0 Å². The van der Waals surface area contributed by atoms with Crippen LogP contribution in [0.25, 0.3) is 0 Å². The predicted octanol–water partition coefficient (Wildman–Crippen LogP) is 3.56. The lowest BCUT2D eigenvalue weighted by Gasteiger charge is -2.48. The minimum absolute atomic E-state index is 0.395. The first-order valence-corrected chi connectivity index (χ1v) is 11.1. The van der Waals surface area contributed by atoms with Crippen LogP contribution in [0.1, 0.15) is 48.0 Å². The van der Waals surface area contributed by atoms with Gasteiger partial charge in [-0.05, 0) is 35.2 Å². The molecule has 0 aliphatic heterocycles. The highest BCUT2D eigenvalue weighted by molar-refractivity contribution is 6.77. The van der Waals surface area contributed by atoms with Gasteiger partial charge >= 0.3 is 0 Å². The maximum atomic E-state index is 12.2. The molecule has 4 nitrogen and oxygen atoms in total. The molecular formula is C19H30O4Si. The van der Waals surface area contributed by atoms with E-state index >= 15 is 0 Å². The molecule has 0 fully saturated rings. The number of carbonyl (C=O) groups is 2. The first-order valence-electron chi connectivity index (χ1n) is 8.92. The van der Waals surface area contributed by atoms with Crippen LogP contribution < -0.4 is 0 Å². The summed E-state index contributed by atoms with van der Waals surface area (Å²) in [6.07, 6.45) is 6.22. The van der Waals surface area contributed by atoms with Crippen LogP contribution in [0.5, 0.6) is 0 Å². The molecule has 1 N–H and O–H groups in total. The van der Waals surface area contributed by atoms with Crippen molar-refractivity contribution in [2.45, 2.75) is 76.3 Å². The van der Waals surface area contributed by atoms with E-state index < -0.39 is 37.5 Å². The van der Waals surface area contributed by atoms with Crippen molar-refractivity contribution in [3.8, 4) is 0 Å². The van der Waals surface area contributed by atoms with Crippen molar-refractivity contribution in [2.75, 3.05) is 0 Å². The number of hydrogen-bond acceptors (Lipinski definition) is 4. The second-order valence-corrected chi connectivity index (χ2v) is 13.4. The molecule has 1 unspecified atom stereocenters. The maximum absolute atomic E-state index is 12.2. The van der Waals surface area contributed by atoms with E-state index in [-0.39, 0.29) is 0 Å². The van der Waals surface area contributed by atoms with Gasteiger partial charge in [0.15, 0.2) is 17.2 Å². The average molecular weight is 351 g/mol. The zero-order valence-corrected chi connectivity index (χ0v) is 16.6. The van der Waals surface area contributed by atoms with Gasteiger partial charge in [-0.2, -0.15) is 0 Å². The lowest BCUT2D eigenvalue weighted by atomic mass is 9.69. The Kier molecular flexibility index (Phi) is 5.38. The topological polar surface area (TPSA) is 63.6 Å². The van der Waals surface area contributed by atoms with E-state index in [9.17, 15) is 14.7 Å². The van der Waals surface area contributed by atoms with Crippen molar-refractivity contribution >= 4 is 19.9 Å². The summed E-state index contributed by atoms with van der Waals surface area (Å²) in [5.74, 6) is -1.57. The Labute approximate surface area is 146 Å². The van der Waals surface area contributed by atoms with Gasteiger partial charge in [0.05, 0.1) is 6.10 Å². The number of hydrogen-bond donors (Lipinski definition) is 1. The monoisotopic (exact) mass is 350 g/mol. The summed E-state index contributed by atoms with van der Waals surface area (Å²) in [6.45, 7) is 13.2. The Morgan fingerprint density at radius 1 is 1.04 bits per heavy atom. The van der Waals surface area contributed by atoms with E-state index in [1.165, 1.54) is 12.2 Å². The molecule has 0 aromatic rings.